The Hall–Kier alpha value is -1.41. The Morgan fingerprint density at radius 2 is 1.77 bits per heavy atom. The van der Waals surface area contributed by atoms with E-state index < -0.39 is 0 Å². The average molecular weight is 464 g/mol. The van der Waals surface area contributed by atoms with E-state index in [-0.39, 0.29) is 18.2 Å². The Balaban J connectivity index is 0.00000218. The number of hydrogen-bond acceptors (Lipinski definition) is 5. The number of benzene rings is 2. The lowest BCUT2D eigenvalue weighted by atomic mass is 10.0. The van der Waals surface area contributed by atoms with Crippen LogP contribution >= 0.6 is 35.5 Å². The van der Waals surface area contributed by atoms with Gasteiger partial charge in [0, 0.05) is 50.3 Å². The minimum absolute atomic E-state index is 0. The second-order valence-electron chi connectivity index (χ2n) is 7.20. The van der Waals surface area contributed by atoms with Crippen LogP contribution in [0.4, 0.5) is 4.39 Å². The summed E-state index contributed by atoms with van der Waals surface area (Å²) < 4.78 is 25.4. The second-order valence-corrected chi connectivity index (χ2v) is 9.42. The average Bonchev–Trinajstić information content (AvgIpc) is 3.12. The van der Waals surface area contributed by atoms with E-state index in [0.29, 0.717) is 13.2 Å². The van der Waals surface area contributed by atoms with Crippen molar-refractivity contribution in [2.24, 2.45) is 0 Å². The molecule has 1 aromatic heterocycles. The summed E-state index contributed by atoms with van der Waals surface area (Å²) in [7, 11) is 0. The first-order valence-electron chi connectivity index (χ1n) is 9.86. The van der Waals surface area contributed by atoms with E-state index in [1.54, 1.807) is 35.2 Å². The number of ether oxygens (including phenoxy) is 2. The van der Waals surface area contributed by atoms with Crippen molar-refractivity contribution in [2.45, 2.75) is 16.4 Å². The van der Waals surface area contributed by atoms with Crippen molar-refractivity contribution in [1.82, 2.24) is 4.90 Å². The quantitative estimate of drug-likeness (QED) is 0.340. The maximum atomic E-state index is 14.0. The maximum Gasteiger partial charge on any atom is 0.123 e. The fourth-order valence-electron chi connectivity index (χ4n) is 3.77. The number of thiophene rings is 1. The van der Waals surface area contributed by atoms with E-state index in [0.717, 1.165) is 48.2 Å². The first kappa shape index (κ1) is 21.8. The molecule has 0 saturated carbocycles. The highest BCUT2D eigenvalue weighted by molar-refractivity contribution is 7.99. The lowest BCUT2D eigenvalue weighted by molar-refractivity contribution is 0.0183. The van der Waals surface area contributed by atoms with Crippen molar-refractivity contribution in [3.8, 4) is 21.6 Å². The number of fused-ring (bicyclic) bond motifs is 5. The van der Waals surface area contributed by atoms with E-state index in [9.17, 15) is 4.39 Å². The molecule has 0 unspecified atom stereocenters. The fraction of sp³-hybridized carbons (Fsp3) is 0.304. The molecule has 0 bridgehead atoms. The van der Waals surface area contributed by atoms with Crippen LogP contribution in [0.2, 0.25) is 0 Å². The molecule has 0 amide bonds. The summed E-state index contributed by atoms with van der Waals surface area (Å²) in [6.45, 7) is 5.81. The van der Waals surface area contributed by atoms with E-state index in [2.05, 4.69) is 35.2 Å². The van der Waals surface area contributed by atoms with Gasteiger partial charge in [-0.05, 0) is 35.9 Å². The smallest absolute Gasteiger partial charge is 0.123 e. The van der Waals surface area contributed by atoms with Crippen molar-refractivity contribution >= 4 is 35.5 Å². The molecule has 2 aliphatic rings. The molecule has 30 heavy (non-hydrogen) atoms. The van der Waals surface area contributed by atoms with E-state index in [1.165, 1.54) is 20.9 Å². The van der Waals surface area contributed by atoms with Gasteiger partial charge in [0.2, 0.25) is 0 Å². The maximum absolute atomic E-state index is 14.0. The number of rotatable bonds is 5. The number of morpholine rings is 1. The van der Waals surface area contributed by atoms with E-state index >= 15 is 0 Å². The molecule has 0 spiro atoms. The minimum Gasteiger partial charge on any atom is -0.379 e. The third-order valence-electron chi connectivity index (χ3n) is 5.27. The predicted molar refractivity (Wildman–Crippen MR) is 123 cm³/mol. The standard InChI is InChI=1S/C23H22FNO2S2.ClH/c24-16-5-6-22-20(13-16)23-19(18-3-1-2-4-21(18)29-22)14-17(28-23)15-27-12-9-25-7-10-26-11-8-25;/h1-6,13-14H,7-12,15H2;1H. The Morgan fingerprint density at radius 3 is 2.63 bits per heavy atom. The first-order chi connectivity index (χ1) is 14.3. The minimum atomic E-state index is -0.196. The molecule has 3 heterocycles. The Bertz CT molecular complexity index is 1020. The molecule has 1 fully saturated rings. The summed E-state index contributed by atoms with van der Waals surface area (Å²) in [6.07, 6.45) is 0. The molecular weight excluding hydrogens is 441 g/mol. The molecule has 0 radical (unpaired) electrons. The number of halogens is 2. The summed E-state index contributed by atoms with van der Waals surface area (Å²) in [5, 5.41) is 0. The van der Waals surface area contributed by atoms with Crippen molar-refractivity contribution in [1.29, 1.82) is 0 Å². The largest absolute Gasteiger partial charge is 0.379 e. The summed E-state index contributed by atoms with van der Waals surface area (Å²) >= 11 is 3.42. The third-order valence-corrected chi connectivity index (χ3v) is 7.56. The van der Waals surface area contributed by atoms with Gasteiger partial charge in [-0.25, -0.2) is 4.39 Å². The molecule has 0 atom stereocenters. The van der Waals surface area contributed by atoms with Gasteiger partial charge < -0.3 is 9.47 Å². The lowest BCUT2D eigenvalue weighted by Crippen LogP contribution is -2.38. The molecule has 2 aliphatic heterocycles. The van der Waals surface area contributed by atoms with Crippen LogP contribution in [0.1, 0.15) is 4.88 Å². The van der Waals surface area contributed by atoms with Crippen LogP contribution in [0.5, 0.6) is 0 Å². The molecule has 0 N–H and O–H groups in total. The van der Waals surface area contributed by atoms with Gasteiger partial charge in [-0.2, -0.15) is 0 Å². The SMILES string of the molecule is Cl.Fc1ccc2c(c1)-c1sc(COCCN3CCOCC3)cc1-c1ccccc1S2. The first-order valence-corrected chi connectivity index (χ1v) is 11.5. The Labute approximate surface area is 190 Å². The van der Waals surface area contributed by atoms with Gasteiger partial charge in [0.05, 0.1) is 26.4 Å². The molecule has 158 valence electrons. The van der Waals surface area contributed by atoms with Crippen molar-refractivity contribution < 1.29 is 13.9 Å². The Morgan fingerprint density at radius 1 is 0.967 bits per heavy atom. The second kappa shape index (κ2) is 9.81. The van der Waals surface area contributed by atoms with Gasteiger partial charge in [0.1, 0.15) is 5.82 Å². The van der Waals surface area contributed by atoms with E-state index in [4.69, 9.17) is 9.47 Å². The van der Waals surface area contributed by atoms with Gasteiger partial charge in [0.15, 0.2) is 0 Å². The molecule has 7 heteroatoms. The monoisotopic (exact) mass is 463 g/mol. The van der Waals surface area contributed by atoms with Crippen LogP contribution in [-0.4, -0.2) is 44.4 Å². The fourth-order valence-corrected chi connectivity index (χ4v) is 6.05. The summed E-state index contributed by atoms with van der Waals surface area (Å²) in [5.74, 6) is -0.196. The highest BCUT2D eigenvalue weighted by Crippen LogP contribution is 2.51. The number of hydrogen-bond donors (Lipinski definition) is 0. The van der Waals surface area contributed by atoms with E-state index in [1.807, 2.05) is 6.07 Å². The van der Waals surface area contributed by atoms with Crippen LogP contribution in [0, 0.1) is 5.82 Å². The zero-order chi connectivity index (χ0) is 19.6. The van der Waals surface area contributed by atoms with Gasteiger partial charge in [-0.1, -0.05) is 30.0 Å². The van der Waals surface area contributed by atoms with Crippen LogP contribution < -0.4 is 0 Å². The normalized spacial score (nSPS) is 15.5. The van der Waals surface area contributed by atoms with Crippen molar-refractivity contribution in [3.05, 3.63) is 59.2 Å². The topological polar surface area (TPSA) is 21.7 Å². The summed E-state index contributed by atoms with van der Waals surface area (Å²) in [6, 6.07) is 15.7. The Kier molecular flexibility index (Phi) is 7.13. The zero-order valence-corrected chi connectivity index (χ0v) is 18.9. The van der Waals surface area contributed by atoms with Crippen LogP contribution in [-0.2, 0) is 16.1 Å². The third kappa shape index (κ3) is 4.59. The predicted octanol–water partition coefficient (Wildman–Crippen LogP) is 5.96. The lowest BCUT2D eigenvalue weighted by Gasteiger charge is -2.26. The van der Waals surface area contributed by atoms with Crippen LogP contribution in [0.25, 0.3) is 21.6 Å². The molecule has 3 aromatic rings. The van der Waals surface area contributed by atoms with Crippen LogP contribution in [0.3, 0.4) is 0 Å². The molecule has 1 saturated heterocycles. The van der Waals surface area contributed by atoms with Crippen LogP contribution in [0.15, 0.2) is 58.3 Å². The molecule has 0 aliphatic carbocycles. The highest BCUT2D eigenvalue weighted by atomic mass is 35.5. The number of nitrogens with zero attached hydrogens (tertiary/aromatic N) is 1. The van der Waals surface area contributed by atoms with Gasteiger partial charge >= 0.3 is 0 Å². The molecular formula is C23H23ClFNO2S2. The van der Waals surface area contributed by atoms with Gasteiger partial charge in [0.25, 0.3) is 0 Å². The molecule has 3 nitrogen and oxygen atoms in total. The van der Waals surface area contributed by atoms with Gasteiger partial charge in [-0.3, -0.25) is 4.90 Å². The summed E-state index contributed by atoms with van der Waals surface area (Å²) in [5.41, 5.74) is 3.36. The zero-order valence-electron chi connectivity index (χ0n) is 16.4. The van der Waals surface area contributed by atoms with Crippen molar-refractivity contribution in [2.75, 3.05) is 39.5 Å². The van der Waals surface area contributed by atoms with Gasteiger partial charge in [-0.15, -0.1) is 23.7 Å². The molecule has 5 rings (SSSR count). The summed E-state index contributed by atoms with van der Waals surface area (Å²) in [4.78, 5) is 6.98. The van der Waals surface area contributed by atoms with Crippen molar-refractivity contribution in [3.63, 3.8) is 0 Å². The highest BCUT2D eigenvalue weighted by Gasteiger charge is 2.23. The molecule has 2 aromatic carbocycles.